The van der Waals surface area contributed by atoms with E-state index in [-0.39, 0.29) is 24.5 Å². The normalized spacial score (nSPS) is 12.0. The lowest BCUT2D eigenvalue weighted by atomic mass is 10.1. The molecule has 0 aliphatic carbocycles. The van der Waals surface area contributed by atoms with Gasteiger partial charge in [-0.05, 0) is 32.3 Å². The molecule has 128 valence electrons. The maximum atomic E-state index is 12.3. The van der Waals surface area contributed by atoms with Crippen LogP contribution in [-0.2, 0) is 14.3 Å². The van der Waals surface area contributed by atoms with Crippen molar-refractivity contribution in [2.24, 2.45) is 5.92 Å². The minimum Gasteiger partial charge on any atom is -0.452 e. The van der Waals surface area contributed by atoms with Crippen molar-refractivity contribution in [2.45, 2.75) is 47.6 Å². The number of hydrogen-bond donors (Lipinski definition) is 2. The van der Waals surface area contributed by atoms with Gasteiger partial charge in [-0.25, -0.2) is 4.79 Å². The zero-order chi connectivity index (χ0) is 17.7. The Labute approximate surface area is 140 Å². The highest BCUT2D eigenvalue weighted by molar-refractivity contribution is 7.16. The summed E-state index contributed by atoms with van der Waals surface area (Å²) < 4.78 is 5.09. The number of thiophene rings is 1. The molecular formula is C16H24N2O4S. The van der Waals surface area contributed by atoms with Crippen LogP contribution < -0.4 is 10.6 Å². The molecule has 7 heteroatoms. The van der Waals surface area contributed by atoms with Gasteiger partial charge in [-0.15, -0.1) is 11.3 Å². The van der Waals surface area contributed by atoms with Gasteiger partial charge in [0.25, 0.3) is 5.91 Å². The number of aryl methyl sites for hydroxylation is 1. The summed E-state index contributed by atoms with van der Waals surface area (Å²) in [7, 11) is 0. The fraction of sp³-hybridized carbons (Fsp3) is 0.562. The summed E-state index contributed by atoms with van der Waals surface area (Å²) in [6.45, 7) is 10.6. The molecule has 1 aromatic heterocycles. The van der Waals surface area contributed by atoms with E-state index in [4.69, 9.17) is 4.74 Å². The maximum Gasteiger partial charge on any atom is 0.341 e. The van der Waals surface area contributed by atoms with Crippen LogP contribution in [0.15, 0.2) is 0 Å². The molecule has 0 fully saturated rings. The Morgan fingerprint density at radius 3 is 2.30 bits per heavy atom. The van der Waals surface area contributed by atoms with Gasteiger partial charge in [0.1, 0.15) is 5.00 Å². The summed E-state index contributed by atoms with van der Waals surface area (Å²) >= 11 is 1.31. The average Bonchev–Trinajstić information content (AvgIpc) is 2.70. The molecule has 0 aromatic carbocycles. The number of ether oxygens (including phenoxy) is 1. The first kappa shape index (κ1) is 19.2. The fourth-order valence-corrected chi connectivity index (χ4v) is 2.88. The van der Waals surface area contributed by atoms with Crippen molar-refractivity contribution in [1.29, 1.82) is 0 Å². The van der Waals surface area contributed by atoms with E-state index in [1.54, 1.807) is 6.92 Å². The topological polar surface area (TPSA) is 84.5 Å². The fourth-order valence-electron chi connectivity index (χ4n) is 1.79. The van der Waals surface area contributed by atoms with Gasteiger partial charge < -0.3 is 15.4 Å². The number of esters is 1. The van der Waals surface area contributed by atoms with E-state index in [2.05, 4.69) is 10.6 Å². The highest BCUT2D eigenvalue weighted by Gasteiger charge is 2.22. The van der Waals surface area contributed by atoms with E-state index in [9.17, 15) is 14.4 Å². The van der Waals surface area contributed by atoms with Crippen molar-refractivity contribution < 1.29 is 19.1 Å². The quantitative estimate of drug-likeness (QED) is 0.780. The number of hydrogen-bond acceptors (Lipinski definition) is 5. The van der Waals surface area contributed by atoms with Gasteiger partial charge in [0.15, 0.2) is 6.61 Å². The first-order valence-electron chi connectivity index (χ1n) is 7.47. The summed E-state index contributed by atoms with van der Waals surface area (Å²) in [5.74, 6) is -0.917. The molecule has 0 saturated carbocycles. The Hall–Kier alpha value is -1.89. The first-order chi connectivity index (χ1) is 10.6. The Balaban J connectivity index is 2.75. The minimum atomic E-state index is -0.608. The Bertz CT molecular complexity index is 607. The molecule has 0 spiro atoms. The summed E-state index contributed by atoms with van der Waals surface area (Å²) in [5, 5.41) is 5.85. The standard InChI is InChI=1S/C16H24N2O4S/c1-8(2)10(4)17-13(20)7-22-16(21)14-9(3)11(5)23-15(14)18-12(6)19/h8,10H,7H2,1-6H3,(H,17,20)(H,18,19). The summed E-state index contributed by atoms with van der Waals surface area (Å²) in [6.07, 6.45) is 0. The molecule has 0 bridgehead atoms. The summed E-state index contributed by atoms with van der Waals surface area (Å²) in [4.78, 5) is 36.2. The molecule has 2 N–H and O–H groups in total. The van der Waals surface area contributed by atoms with E-state index < -0.39 is 5.97 Å². The second-order valence-corrected chi connectivity index (χ2v) is 7.07. The molecule has 1 unspecified atom stereocenters. The maximum absolute atomic E-state index is 12.3. The Kier molecular flexibility index (Phi) is 6.75. The van der Waals surface area contributed by atoms with Crippen LogP contribution in [0.1, 0.15) is 48.5 Å². The van der Waals surface area contributed by atoms with Crippen LogP contribution in [0.25, 0.3) is 0 Å². The molecule has 6 nitrogen and oxygen atoms in total. The number of carbonyl (C=O) groups is 3. The first-order valence-corrected chi connectivity index (χ1v) is 8.29. The Morgan fingerprint density at radius 2 is 1.78 bits per heavy atom. The van der Waals surface area contributed by atoms with Crippen molar-refractivity contribution >= 4 is 34.1 Å². The van der Waals surface area contributed by atoms with E-state index in [0.717, 1.165) is 10.4 Å². The molecule has 0 radical (unpaired) electrons. The Morgan fingerprint density at radius 1 is 1.17 bits per heavy atom. The van der Waals surface area contributed by atoms with Crippen LogP contribution in [0.3, 0.4) is 0 Å². The SMILES string of the molecule is CC(=O)Nc1sc(C)c(C)c1C(=O)OCC(=O)NC(C)C(C)C. The van der Waals surface area contributed by atoms with Crippen molar-refractivity contribution in [2.75, 3.05) is 11.9 Å². The van der Waals surface area contributed by atoms with Crippen LogP contribution in [0, 0.1) is 19.8 Å². The summed E-state index contributed by atoms with van der Waals surface area (Å²) in [6, 6.07) is 0.00118. The lowest BCUT2D eigenvalue weighted by molar-refractivity contribution is -0.125. The predicted octanol–water partition coefficient (Wildman–Crippen LogP) is 2.64. The number of anilines is 1. The monoisotopic (exact) mass is 340 g/mol. The largest absolute Gasteiger partial charge is 0.452 e. The van der Waals surface area contributed by atoms with Crippen molar-refractivity contribution in [3.05, 3.63) is 16.0 Å². The molecule has 1 heterocycles. The molecule has 1 rings (SSSR count). The van der Waals surface area contributed by atoms with Gasteiger partial charge in [0.05, 0.1) is 5.56 Å². The number of carbonyl (C=O) groups excluding carboxylic acids is 3. The molecule has 0 aliphatic heterocycles. The molecule has 2 amide bonds. The van der Waals surface area contributed by atoms with E-state index in [1.807, 2.05) is 27.7 Å². The minimum absolute atomic E-state index is 0.00118. The van der Waals surface area contributed by atoms with E-state index in [0.29, 0.717) is 16.5 Å². The highest BCUT2D eigenvalue weighted by Crippen LogP contribution is 2.32. The third-order valence-corrected chi connectivity index (χ3v) is 4.72. The van der Waals surface area contributed by atoms with Gasteiger partial charge in [-0.1, -0.05) is 13.8 Å². The van der Waals surface area contributed by atoms with Crippen LogP contribution in [-0.4, -0.2) is 30.4 Å². The lowest BCUT2D eigenvalue weighted by Gasteiger charge is -2.17. The van der Waals surface area contributed by atoms with Crippen molar-refractivity contribution in [3.8, 4) is 0 Å². The van der Waals surface area contributed by atoms with Crippen LogP contribution in [0.5, 0.6) is 0 Å². The zero-order valence-corrected chi connectivity index (χ0v) is 15.2. The molecule has 1 atom stereocenters. The van der Waals surface area contributed by atoms with Crippen LogP contribution in [0.2, 0.25) is 0 Å². The summed E-state index contributed by atoms with van der Waals surface area (Å²) in [5.41, 5.74) is 1.06. The lowest BCUT2D eigenvalue weighted by Crippen LogP contribution is -2.38. The molecule has 1 aromatic rings. The van der Waals surface area contributed by atoms with Gasteiger partial charge in [0.2, 0.25) is 5.91 Å². The second-order valence-electron chi connectivity index (χ2n) is 5.84. The molecular weight excluding hydrogens is 316 g/mol. The van der Waals surface area contributed by atoms with Gasteiger partial charge in [-0.2, -0.15) is 0 Å². The smallest absolute Gasteiger partial charge is 0.341 e. The predicted molar refractivity (Wildman–Crippen MR) is 90.8 cm³/mol. The number of rotatable bonds is 6. The second kappa shape index (κ2) is 8.10. The van der Waals surface area contributed by atoms with Gasteiger partial charge in [0, 0.05) is 17.8 Å². The molecule has 0 saturated heterocycles. The van der Waals surface area contributed by atoms with E-state index in [1.165, 1.54) is 18.3 Å². The highest BCUT2D eigenvalue weighted by atomic mass is 32.1. The zero-order valence-electron chi connectivity index (χ0n) is 14.4. The van der Waals surface area contributed by atoms with Crippen LogP contribution >= 0.6 is 11.3 Å². The van der Waals surface area contributed by atoms with Crippen LogP contribution in [0.4, 0.5) is 5.00 Å². The average molecular weight is 340 g/mol. The third-order valence-electron chi connectivity index (χ3n) is 3.60. The van der Waals surface area contributed by atoms with Gasteiger partial charge in [-0.3, -0.25) is 9.59 Å². The molecule has 23 heavy (non-hydrogen) atoms. The van der Waals surface area contributed by atoms with E-state index >= 15 is 0 Å². The number of amides is 2. The molecule has 0 aliphatic rings. The third kappa shape index (κ3) is 5.35. The van der Waals surface area contributed by atoms with Crippen molar-refractivity contribution in [1.82, 2.24) is 5.32 Å². The number of nitrogens with one attached hydrogen (secondary N) is 2. The van der Waals surface area contributed by atoms with Crippen molar-refractivity contribution in [3.63, 3.8) is 0 Å². The van der Waals surface area contributed by atoms with Gasteiger partial charge >= 0.3 is 5.97 Å².